The molecule has 0 spiro atoms. The van der Waals surface area contributed by atoms with Gasteiger partial charge in [0.25, 0.3) is 5.91 Å². The molecular formula is C27H21FN2O3. The lowest BCUT2D eigenvalue weighted by atomic mass is 9.95. The first-order valence-corrected chi connectivity index (χ1v) is 10.3. The van der Waals surface area contributed by atoms with Crippen molar-refractivity contribution in [2.75, 3.05) is 5.32 Å². The van der Waals surface area contributed by atoms with Gasteiger partial charge < -0.3 is 16.2 Å². The first-order chi connectivity index (χ1) is 15.9. The van der Waals surface area contributed by atoms with Crippen LogP contribution in [0.3, 0.4) is 0 Å². The highest BCUT2D eigenvalue weighted by Crippen LogP contribution is 2.29. The van der Waals surface area contributed by atoms with Crippen molar-refractivity contribution in [2.45, 2.75) is 6.54 Å². The van der Waals surface area contributed by atoms with Gasteiger partial charge in [-0.1, -0.05) is 48.5 Å². The number of hydrogen-bond donors (Lipinski definition) is 3. The van der Waals surface area contributed by atoms with E-state index in [9.17, 15) is 14.0 Å². The Bertz CT molecular complexity index is 1400. The second-order valence-electron chi connectivity index (χ2n) is 7.51. The lowest BCUT2D eigenvalue weighted by molar-refractivity contribution is -0.131. The fourth-order valence-corrected chi connectivity index (χ4v) is 3.64. The summed E-state index contributed by atoms with van der Waals surface area (Å²) < 4.78 is 14.4. The Morgan fingerprint density at radius 3 is 2.55 bits per heavy atom. The molecule has 0 unspecified atom stereocenters. The van der Waals surface area contributed by atoms with E-state index in [0.29, 0.717) is 17.7 Å². The molecule has 1 amide bonds. The maximum atomic E-state index is 14.4. The van der Waals surface area contributed by atoms with Crippen molar-refractivity contribution in [3.8, 4) is 11.1 Å². The Morgan fingerprint density at radius 2 is 1.76 bits per heavy atom. The minimum absolute atomic E-state index is 0.0350. The number of nitrogens with two attached hydrogens (primary N) is 1. The van der Waals surface area contributed by atoms with Gasteiger partial charge in [-0.05, 0) is 69.4 Å². The smallest absolute Gasteiger partial charge is 0.328 e. The van der Waals surface area contributed by atoms with Crippen LogP contribution in [0.2, 0.25) is 0 Å². The van der Waals surface area contributed by atoms with Gasteiger partial charge in [0.1, 0.15) is 5.82 Å². The Kier molecular flexibility index (Phi) is 6.29. The number of carbonyl (C=O) groups is 2. The Balaban J connectivity index is 1.75. The van der Waals surface area contributed by atoms with E-state index in [0.717, 1.165) is 33.5 Å². The standard InChI is InChI=1S/C27H21FN2O3/c28-24-10-8-17(9-11-26(31)32)13-25(24)30-27(33)23-15-21(14-20-5-1-2-7-22(20)23)19-6-3-4-18(12-19)16-29/h1-15H,16,29H2,(H,30,33)(H,31,32). The van der Waals surface area contributed by atoms with Gasteiger partial charge in [0.05, 0.1) is 5.69 Å². The second-order valence-corrected chi connectivity index (χ2v) is 7.51. The van der Waals surface area contributed by atoms with E-state index >= 15 is 0 Å². The number of carboxylic acids is 1. The summed E-state index contributed by atoms with van der Waals surface area (Å²) in [6.07, 6.45) is 2.28. The van der Waals surface area contributed by atoms with Crippen LogP contribution < -0.4 is 11.1 Å². The topological polar surface area (TPSA) is 92.4 Å². The number of halogens is 1. The van der Waals surface area contributed by atoms with E-state index in [1.165, 1.54) is 24.3 Å². The predicted molar refractivity (Wildman–Crippen MR) is 128 cm³/mol. The van der Waals surface area contributed by atoms with Crippen LogP contribution in [-0.4, -0.2) is 17.0 Å². The maximum Gasteiger partial charge on any atom is 0.328 e. The van der Waals surface area contributed by atoms with E-state index in [1.54, 1.807) is 6.07 Å². The van der Waals surface area contributed by atoms with Crippen LogP contribution in [0.15, 0.2) is 84.9 Å². The minimum Gasteiger partial charge on any atom is -0.478 e. The molecule has 0 fully saturated rings. The molecule has 0 atom stereocenters. The number of amides is 1. The van der Waals surface area contributed by atoms with Crippen molar-refractivity contribution in [1.29, 1.82) is 0 Å². The molecule has 0 heterocycles. The van der Waals surface area contributed by atoms with Crippen molar-refractivity contribution < 1.29 is 19.1 Å². The number of carbonyl (C=O) groups excluding carboxylic acids is 1. The Hall–Kier alpha value is -4.29. The normalized spacial score (nSPS) is 11.1. The van der Waals surface area contributed by atoms with Crippen LogP contribution in [0.4, 0.5) is 10.1 Å². The molecule has 0 aliphatic rings. The van der Waals surface area contributed by atoms with E-state index in [1.807, 2.05) is 54.6 Å². The highest BCUT2D eigenvalue weighted by molar-refractivity contribution is 6.14. The molecule has 0 saturated carbocycles. The van der Waals surface area contributed by atoms with E-state index in [2.05, 4.69) is 5.32 Å². The number of nitrogens with one attached hydrogen (secondary N) is 1. The molecule has 0 aliphatic carbocycles. The molecule has 0 radical (unpaired) electrons. The highest BCUT2D eigenvalue weighted by Gasteiger charge is 2.15. The van der Waals surface area contributed by atoms with Crippen molar-refractivity contribution in [3.63, 3.8) is 0 Å². The van der Waals surface area contributed by atoms with Crippen LogP contribution in [0.25, 0.3) is 28.0 Å². The molecule has 4 aromatic rings. The third kappa shape index (κ3) is 4.97. The Morgan fingerprint density at radius 1 is 0.939 bits per heavy atom. The van der Waals surface area contributed by atoms with E-state index in [4.69, 9.17) is 10.8 Å². The highest BCUT2D eigenvalue weighted by atomic mass is 19.1. The molecule has 0 aromatic heterocycles. The zero-order valence-electron chi connectivity index (χ0n) is 17.6. The van der Waals surface area contributed by atoms with Gasteiger partial charge in [-0.25, -0.2) is 9.18 Å². The van der Waals surface area contributed by atoms with Gasteiger partial charge in [0, 0.05) is 18.2 Å². The SMILES string of the molecule is NCc1cccc(-c2cc(C(=O)Nc3cc(C=CC(=O)O)ccc3F)c3ccccc3c2)c1. The summed E-state index contributed by atoms with van der Waals surface area (Å²) in [4.78, 5) is 24.0. The first kappa shape index (κ1) is 21.9. The van der Waals surface area contributed by atoms with Gasteiger partial charge >= 0.3 is 5.97 Å². The summed E-state index contributed by atoms with van der Waals surface area (Å²) >= 11 is 0. The molecule has 4 rings (SSSR count). The van der Waals surface area contributed by atoms with Crippen molar-refractivity contribution in [3.05, 3.63) is 107 Å². The number of aliphatic carboxylic acids is 1. The molecule has 4 N–H and O–H groups in total. The quantitative estimate of drug-likeness (QED) is 0.348. The first-order valence-electron chi connectivity index (χ1n) is 10.3. The molecule has 164 valence electrons. The van der Waals surface area contributed by atoms with E-state index < -0.39 is 17.7 Å². The number of anilines is 1. The molecular weight excluding hydrogens is 419 g/mol. The maximum absolute atomic E-state index is 14.4. The van der Waals surface area contributed by atoms with Gasteiger partial charge in [-0.3, -0.25) is 4.79 Å². The van der Waals surface area contributed by atoms with Gasteiger partial charge in [-0.15, -0.1) is 0 Å². The van der Waals surface area contributed by atoms with Crippen LogP contribution in [0.1, 0.15) is 21.5 Å². The van der Waals surface area contributed by atoms with Crippen molar-refractivity contribution in [2.24, 2.45) is 5.73 Å². The van der Waals surface area contributed by atoms with Crippen LogP contribution in [0, 0.1) is 5.82 Å². The molecule has 0 bridgehead atoms. The summed E-state index contributed by atoms with van der Waals surface area (Å²) in [6.45, 7) is 0.403. The number of hydrogen-bond acceptors (Lipinski definition) is 3. The molecule has 6 heteroatoms. The monoisotopic (exact) mass is 440 g/mol. The molecule has 4 aromatic carbocycles. The number of benzene rings is 4. The third-order valence-electron chi connectivity index (χ3n) is 5.26. The minimum atomic E-state index is -1.12. The van der Waals surface area contributed by atoms with E-state index in [-0.39, 0.29) is 5.69 Å². The van der Waals surface area contributed by atoms with Gasteiger partial charge in [0.2, 0.25) is 0 Å². The predicted octanol–water partition coefficient (Wildman–Crippen LogP) is 5.45. The summed E-state index contributed by atoms with van der Waals surface area (Å²) in [6, 6.07) is 23.1. The molecule has 33 heavy (non-hydrogen) atoms. The number of rotatable bonds is 6. The summed E-state index contributed by atoms with van der Waals surface area (Å²) in [7, 11) is 0. The largest absolute Gasteiger partial charge is 0.478 e. The summed E-state index contributed by atoms with van der Waals surface area (Å²) in [5.74, 6) is -2.21. The lowest BCUT2D eigenvalue weighted by Crippen LogP contribution is -2.14. The molecule has 0 saturated heterocycles. The van der Waals surface area contributed by atoms with Gasteiger partial charge in [0.15, 0.2) is 0 Å². The zero-order valence-corrected chi connectivity index (χ0v) is 17.6. The lowest BCUT2D eigenvalue weighted by Gasteiger charge is -2.13. The van der Waals surface area contributed by atoms with Crippen LogP contribution in [-0.2, 0) is 11.3 Å². The fourth-order valence-electron chi connectivity index (χ4n) is 3.64. The number of fused-ring (bicyclic) bond motifs is 1. The average molecular weight is 440 g/mol. The average Bonchev–Trinajstić information content (AvgIpc) is 2.83. The zero-order chi connectivity index (χ0) is 23.4. The molecule has 0 aliphatic heterocycles. The van der Waals surface area contributed by atoms with Crippen LogP contribution >= 0.6 is 0 Å². The second kappa shape index (κ2) is 9.46. The van der Waals surface area contributed by atoms with Crippen molar-refractivity contribution >= 4 is 34.4 Å². The summed E-state index contributed by atoms with van der Waals surface area (Å²) in [5, 5.41) is 13.0. The third-order valence-corrected chi connectivity index (χ3v) is 5.26. The van der Waals surface area contributed by atoms with Gasteiger partial charge in [-0.2, -0.15) is 0 Å². The Labute approximate surface area is 190 Å². The summed E-state index contributed by atoms with van der Waals surface area (Å²) in [5.41, 5.74) is 9.32. The number of carboxylic acid groups (broad SMARTS) is 1. The van der Waals surface area contributed by atoms with Crippen molar-refractivity contribution in [1.82, 2.24) is 0 Å². The fraction of sp³-hybridized carbons (Fsp3) is 0.0370. The molecule has 5 nitrogen and oxygen atoms in total. The van der Waals surface area contributed by atoms with Crippen LogP contribution in [0.5, 0.6) is 0 Å².